The van der Waals surface area contributed by atoms with Crippen LogP contribution in [0.25, 0.3) is 11.0 Å². The highest BCUT2D eigenvalue weighted by Crippen LogP contribution is 2.32. The fourth-order valence-corrected chi connectivity index (χ4v) is 3.74. The van der Waals surface area contributed by atoms with Crippen LogP contribution in [0.3, 0.4) is 0 Å². The Morgan fingerprint density at radius 2 is 2.12 bits per heavy atom. The highest BCUT2D eigenvalue weighted by molar-refractivity contribution is 5.92. The van der Waals surface area contributed by atoms with Gasteiger partial charge in [0.2, 0.25) is 5.91 Å². The van der Waals surface area contributed by atoms with Gasteiger partial charge in [-0.1, -0.05) is 26.0 Å². The molecule has 0 unspecified atom stereocenters. The Kier molecular flexibility index (Phi) is 6.45. The maximum absolute atomic E-state index is 12.0. The van der Waals surface area contributed by atoms with E-state index < -0.39 is 0 Å². The zero-order valence-electron chi connectivity index (χ0n) is 15.9. The molecule has 1 aliphatic rings. The number of carbonyl (C=O) groups is 1. The number of fused-ring (bicyclic) bond motifs is 1. The molecule has 0 saturated carbocycles. The number of nitrogens with one attached hydrogen (secondary N) is 2. The van der Waals surface area contributed by atoms with Gasteiger partial charge in [0, 0.05) is 12.6 Å². The molecule has 140 valence electrons. The number of aromatic nitrogens is 2. The van der Waals surface area contributed by atoms with Crippen LogP contribution in [0.4, 0.5) is 5.82 Å². The summed E-state index contributed by atoms with van der Waals surface area (Å²) < 4.78 is 0. The molecule has 0 aliphatic carbocycles. The van der Waals surface area contributed by atoms with Crippen LogP contribution in [0.1, 0.15) is 57.4 Å². The van der Waals surface area contributed by atoms with Gasteiger partial charge in [0.05, 0.1) is 11.0 Å². The van der Waals surface area contributed by atoms with Gasteiger partial charge in [-0.3, -0.25) is 4.79 Å². The number of hydrogen-bond donors (Lipinski definition) is 2. The van der Waals surface area contributed by atoms with Crippen molar-refractivity contribution >= 4 is 22.8 Å². The van der Waals surface area contributed by atoms with Gasteiger partial charge in [-0.25, -0.2) is 4.98 Å². The first-order valence-electron chi connectivity index (χ1n) is 9.86. The van der Waals surface area contributed by atoms with Crippen LogP contribution < -0.4 is 5.32 Å². The lowest BCUT2D eigenvalue weighted by Crippen LogP contribution is -2.33. The molecule has 3 rings (SSSR count). The molecule has 0 atom stereocenters. The van der Waals surface area contributed by atoms with Crippen LogP contribution in [-0.4, -0.2) is 40.4 Å². The van der Waals surface area contributed by atoms with Gasteiger partial charge in [0.1, 0.15) is 5.82 Å². The summed E-state index contributed by atoms with van der Waals surface area (Å²) in [5, 5.41) is 2.91. The van der Waals surface area contributed by atoms with Crippen molar-refractivity contribution in [3.05, 3.63) is 36.0 Å². The van der Waals surface area contributed by atoms with Crippen molar-refractivity contribution in [1.82, 2.24) is 14.9 Å². The number of amides is 1. The van der Waals surface area contributed by atoms with Gasteiger partial charge in [-0.15, -0.1) is 0 Å². The first kappa shape index (κ1) is 18.6. The molecular formula is C21H30N4O. The molecule has 1 aliphatic heterocycles. The summed E-state index contributed by atoms with van der Waals surface area (Å²) >= 11 is 0. The Balaban J connectivity index is 1.70. The van der Waals surface area contributed by atoms with E-state index in [1.54, 1.807) is 0 Å². The summed E-state index contributed by atoms with van der Waals surface area (Å²) in [6, 6.07) is 3.88. The molecule has 1 saturated heterocycles. The Bertz CT molecular complexity index is 756. The molecule has 2 aromatic heterocycles. The molecule has 1 fully saturated rings. The fraction of sp³-hybridized carbons (Fsp3) is 0.524. The van der Waals surface area contributed by atoms with Gasteiger partial charge in [-0.05, 0) is 68.9 Å². The van der Waals surface area contributed by atoms with Crippen LogP contribution in [0, 0.1) is 0 Å². The lowest BCUT2D eigenvalue weighted by Gasteiger charge is -2.31. The number of likely N-dealkylation sites (tertiary alicyclic amines) is 1. The summed E-state index contributed by atoms with van der Waals surface area (Å²) in [5.41, 5.74) is 3.33. The third-order valence-corrected chi connectivity index (χ3v) is 5.09. The zero-order valence-corrected chi connectivity index (χ0v) is 15.9. The minimum absolute atomic E-state index is 0.0218. The minimum Gasteiger partial charge on any atom is -0.360 e. The standard InChI is InChI=1S/C21H30N4O/c1-3-5-6-7-20(26)23-19-9-8-18-21(24-19)17(15-22-18)16-10-13-25(12-4-2)14-11-16/h5-6,8-9,15-16,22H,3-4,7,10-14H2,1-2H3,(H,23,24,26)/b6-5+. The molecule has 2 aromatic rings. The van der Waals surface area contributed by atoms with E-state index in [1.165, 1.54) is 31.4 Å². The number of piperidine rings is 1. The van der Waals surface area contributed by atoms with Crippen LogP contribution in [0.5, 0.6) is 0 Å². The SMILES string of the molecule is CC/C=C/CC(=O)Nc1ccc2[nH]cc(C3CCN(CCC)CC3)c2n1. The minimum atomic E-state index is -0.0218. The lowest BCUT2D eigenvalue weighted by molar-refractivity contribution is -0.115. The smallest absolute Gasteiger partial charge is 0.229 e. The average molecular weight is 354 g/mol. The van der Waals surface area contributed by atoms with Crippen molar-refractivity contribution in [3.63, 3.8) is 0 Å². The van der Waals surface area contributed by atoms with E-state index in [0.717, 1.165) is 30.5 Å². The summed E-state index contributed by atoms with van der Waals surface area (Å²) in [7, 11) is 0. The van der Waals surface area contributed by atoms with Crippen LogP contribution in [0.2, 0.25) is 0 Å². The van der Waals surface area contributed by atoms with E-state index >= 15 is 0 Å². The third kappa shape index (κ3) is 4.52. The number of aromatic amines is 1. The van der Waals surface area contributed by atoms with Crippen molar-refractivity contribution < 1.29 is 4.79 Å². The van der Waals surface area contributed by atoms with Gasteiger partial charge >= 0.3 is 0 Å². The van der Waals surface area contributed by atoms with E-state index in [2.05, 4.69) is 35.2 Å². The second-order valence-corrected chi connectivity index (χ2v) is 7.08. The number of carbonyl (C=O) groups excluding carboxylic acids is 1. The van der Waals surface area contributed by atoms with Gasteiger partial charge in [0.15, 0.2) is 0 Å². The Labute approximate surface area is 155 Å². The summed E-state index contributed by atoms with van der Waals surface area (Å²) in [6.07, 6.45) is 10.9. The molecule has 2 N–H and O–H groups in total. The average Bonchev–Trinajstić information content (AvgIpc) is 3.06. The number of rotatable bonds is 7. The molecule has 0 aromatic carbocycles. The van der Waals surface area contributed by atoms with Crippen LogP contribution in [-0.2, 0) is 4.79 Å². The number of pyridine rings is 1. The molecule has 0 radical (unpaired) electrons. The molecule has 1 amide bonds. The number of H-pyrrole nitrogens is 1. The van der Waals surface area contributed by atoms with Gasteiger partial charge in [-0.2, -0.15) is 0 Å². The maximum Gasteiger partial charge on any atom is 0.229 e. The van der Waals surface area contributed by atoms with E-state index in [0.29, 0.717) is 18.2 Å². The number of hydrogen-bond acceptors (Lipinski definition) is 3. The molecular weight excluding hydrogens is 324 g/mol. The predicted octanol–water partition coefficient (Wildman–Crippen LogP) is 4.45. The molecule has 0 bridgehead atoms. The van der Waals surface area contributed by atoms with E-state index in [-0.39, 0.29) is 5.91 Å². The van der Waals surface area contributed by atoms with Gasteiger partial charge in [0.25, 0.3) is 0 Å². The highest BCUT2D eigenvalue weighted by Gasteiger charge is 2.23. The third-order valence-electron chi connectivity index (χ3n) is 5.09. The van der Waals surface area contributed by atoms with E-state index in [9.17, 15) is 4.79 Å². The number of nitrogens with zero attached hydrogens (tertiary/aromatic N) is 2. The Hall–Kier alpha value is -2.14. The van der Waals surface area contributed by atoms with E-state index in [4.69, 9.17) is 4.98 Å². The normalized spacial score (nSPS) is 16.5. The van der Waals surface area contributed by atoms with Gasteiger partial charge < -0.3 is 15.2 Å². The maximum atomic E-state index is 12.0. The van der Waals surface area contributed by atoms with Crippen molar-refractivity contribution in [2.24, 2.45) is 0 Å². The summed E-state index contributed by atoms with van der Waals surface area (Å²) in [6.45, 7) is 7.81. The van der Waals surface area contributed by atoms with E-state index in [1.807, 2.05) is 24.3 Å². The molecule has 26 heavy (non-hydrogen) atoms. The fourth-order valence-electron chi connectivity index (χ4n) is 3.74. The largest absolute Gasteiger partial charge is 0.360 e. The van der Waals surface area contributed by atoms with Crippen LogP contribution >= 0.6 is 0 Å². The highest BCUT2D eigenvalue weighted by atomic mass is 16.1. The molecule has 5 heteroatoms. The molecule has 0 spiro atoms. The Morgan fingerprint density at radius 3 is 2.85 bits per heavy atom. The second-order valence-electron chi connectivity index (χ2n) is 7.08. The molecule has 3 heterocycles. The van der Waals surface area contributed by atoms with Crippen molar-refractivity contribution in [1.29, 1.82) is 0 Å². The topological polar surface area (TPSA) is 61.0 Å². The second kappa shape index (κ2) is 8.99. The lowest BCUT2D eigenvalue weighted by atomic mass is 9.90. The zero-order chi connectivity index (χ0) is 18.4. The predicted molar refractivity (Wildman–Crippen MR) is 107 cm³/mol. The first-order valence-corrected chi connectivity index (χ1v) is 9.86. The summed E-state index contributed by atoms with van der Waals surface area (Å²) in [5.74, 6) is 1.16. The monoisotopic (exact) mass is 354 g/mol. The summed E-state index contributed by atoms with van der Waals surface area (Å²) in [4.78, 5) is 22.7. The number of allylic oxidation sites excluding steroid dienone is 1. The van der Waals surface area contributed by atoms with Crippen LogP contribution in [0.15, 0.2) is 30.5 Å². The van der Waals surface area contributed by atoms with Crippen molar-refractivity contribution in [2.45, 2.75) is 51.9 Å². The Morgan fingerprint density at radius 1 is 1.31 bits per heavy atom. The van der Waals surface area contributed by atoms with Crippen molar-refractivity contribution in [3.8, 4) is 0 Å². The number of anilines is 1. The molecule has 5 nitrogen and oxygen atoms in total. The van der Waals surface area contributed by atoms with Crippen molar-refractivity contribution in [2.75, 3.05) is 25.0 Å². The first-order chi connectivity index (χ1) is 12.7. The quantitative estimate of drug-likeness (QED) is 0.722.